The number of halogens is 1. The van der Waals surface area contributed by atoms with Crippen LogP contribution < -0.4 is 5.32 Å². The van der Waals surface area contributed by atoms with E-state index in [4.69, 9.17) is 9.47 Å². The molecule has 0 aliphatic rings. The molecule has 1 amide bonds. The molecule has 0 saturated heterocycles. The normalized spacial score (nSPS) is 10.2. The summed E-state index contributed by atoms with van der Waals surface area (Å²) in [5.41, 5.74) is 1.53. The summed E-state index contributed by atoms with van der Waals surface area (Å²) in [4.78, 5) is 11.7. The number of amides is 1. The molecule has 0 aromatic heterocycles. The fraction of sp³-hybridized carbons (Fsp3) is 0.364. The lowest BCUT2D eigenvalue weighted by Gasteiger charge is -2.07. The van der Waals surface area contributed by atoms with E-state index in [1.165, 1.54) is 7.11 Å². The molecule has 1 aromatic rings. The molecule has 0 unspecified atom stereocenters. The Morgan fingerprint density at radius 1 is 1.31 bits per heavy atom. The number of hydrogen-bond donors (Lipinski definition) is 1. The molecule has 0 aliphatic heterocycles. The molecule has 0 aliphatic carbocycles. The van der Waals surface area contributed by atoms with Gasteiger partial charge in [0.05, 0.1) is 6.61 Å². The summed E-state index contributed by atoms with van der Waals surface area (Å²) in [5.74, 6) is -0.166. The molecule has 1 N–H and O–H groups in total. The van der Waals surface area contributed by atoms with Crippen LogP contribution in [0.2, 0.25) is 0 Å². The SMILES string of the molecule is COCNC(=O)c1cc(Br)cc(COC)c1. The van der Waals surface area contributed by atoms with Crippen molar-refractivity contribution in [3.63, 3.8) is 0 Å². The Balaban J connectivity index is 2.82. The number of rotatable bonds is 5. The number of carbonyl (C=O) groups excluding carboxylic acids is 1. The average Bonchev–Trinajstić information content (AvgIpc) is 2.25. The van der Waals surface area contributed by atoms with Crippen LogP contribution in [0.4, 0.5) is 0 Å². The molecule has 16 heavy (non-hydrogen) atoms. The molecule has 0 radical (unpaired) electrons. The minimum Gasteiger partial charge on any atom is -0.380 e. The lowest BCUT2D eigenvalue weighted by atomic mass is 10.1. The Morgan fingerprint density at radius 2 is 2.06 bits per heavy atom. The molecular weight excluding hydrogens is 274 g/mol. The smallest absolute Gasteiger partial charge is 0.253 e. The number of benzene rings is 1. The first-order valence-corrected chi connectivity index (χ1v) is 5.52. The van der Waals surface area contributed by atoms with Gasteiger partial charge < -0.3 is 14.8 Å². The van der Waals surface area contributed by atoms with E-state index in [0.717, 1.165) is 10.0 Å². The second-order valence-corrected chi connectivity index (χ2v) is 4.14. The molecule has 1 rings (SSSR count). The highest BCUT2D eigenvalue weighted by Crippen LogP contribution is 2.16. The average molecular weight is 288 g/mol. The standard InChI is InChI=1S/C11H14BrNO3/c1-15-6-8-3-9(5-10(12)4-8)11(14)13-7-16-2/h3-5H,6-7H2,1-2H3,(H,13,14). The van der Waals surface area contributed by atoms with E-state index in [9.17, 15) is 4.79 Å². The van der Waals surface area contributed by atoms with Crippen molar-refractivity contribution in [1.29, 1.82) is 0 Å². The molecule has 0 saturated carbocycles. The summed E-state index contributed by atoms with van der Waals surface area (Å²) in [5, 5.41) is 2.62. The van der Waals surface area contributed by atoms with Crippen LogP contribution >= 0.6 is 15.9 Å². The summed E-state index contributed by atoms with van der Waals surface area (Å²) < 4.78 is 10.6. The van der Waals surface area contributed by atoms with Gasteiger partial charge in [0.2, 0.25) is 0 Å². The van der Waals surface area contributed by atoms with Gasteiger partial charge in [-0.15, -0.1) is 0 Å². The predicted octanol–water partition coefficient (Wildman–Crippen LogP) is 1.93. The van der Waals surface area contributed by atoms with Gasteiger partial charge >= 0.3 is 0 Å². The first kappa shape index (κ1) is 13.2. The largest absolute Gasteiger partial charge is 0.380 e. The van der Waals surface area contributed by atoms with Gasteiger partial charge in [0.15, 0.2) is 0 Å². The quantitative estimate of drug-likeness (QED) is 0.842. The van der Waals surface area contributed by atoms with Gasteiger partial charge in [-0.05, 0) is 23.8 Å². The van der Waals surface area contributed by atoms with E-state index < -0.39 is 0 Å². The van der Waals surface area contributed by atoms with E-state index in [1.807, 2.05) is 6.07 Å². The topological polar surface area (TPSA) is 47.6 Å². The minimum atomic E-state index is -0.166. The fourth-order valence-corrected chi connectivity index (χ4v) is 1.81. The predicted molar refractivity (Wildman–Crippen MR) is 64.2 cm³/mol. The third-order valence-electron chi connectivity index (χ3n) is 1.91. The van der Waals surface area contributed by atoms with E-state index in [1.54, 1.807) is 19.2 Å². The van der Waals surface area contributed by atoms with Crippen LogP contribution in [0.15, 0.2) is 22.7 Å². The number of ether oxygens (including phenoxy) is 2. The van der Waals surface area contributed by atoms with E-state index in [-0.39, 0.29) is 12.6 Å². The molecule has 0 spiro atoms. The molecular formula is C11H14BrNO3. The minimum absolute atomic E-state index is 0.166. The Labute approximate surface area is 103 Å². The highest BCUT2D eigenvalue weighted by molar-refractivity contribution is 9.10. The van der Waals surface area contributed by atoms with Crippen molar-refractivity contribution in [2.24, 2.45) is 0 Å². The zero-order valence-electron chi connectivity index (χ0n) is 9.25. The van der Waals surface area contributed by atoms with Crippen LogP contribution in [-0.2, 0) is 16.1 Å². The maximum absolute atomic E-state index is 11.7. The van der Waals surface area contributed by atoms with Gasteiger partial charge in [-0.2, -0.15) is 0 Å². The Hall–Kier alpha value is -0.910. The van der Waals surface area contributed by atoms with Gasteiger partial charge in [0.1, 0.15) is 6.73 Å². The molecule has 0 fully saturated rings. The second kappa shape index (κ2) is 6.62. The van der Waals surface area contributed by atoms with Crippen molar-refractivity contribution < 1.29 is 14.3 Å². The van der Waals surface area contributed by atoms with E-state index >= 15 is 0 Å². The van der Waals surface area contributed by atoms with Crippen molar-refractivity contribution in [3.05, 3.63) is 33.8 Å². The van der Waals surface area contributed by atoms with Gasteiger partial charge in [0.25, 0.3) is 5.91 Å². The van der Waals surface area contributed by atoms with Crippen LogP contribution in [0.25, 0.3) is 0 Å². The number of carbonyl (C=O) groups is 1. The summed E-state index contributed by atoms with van der Waals surface area (Å²) in [7, 11) is 3.14. The van der Waals surface area contributed by atoms with Crippen LogP contribution in [0.3, 0.4) is 0 Å². The molecule has 4 nitrogen and oxygen atoms in total. The molecule has 88 valence electrons. The Morgan fingerprint density at radius 3 is 2.69 bits per heavy atom. The Kier molecular flexibility index (Phi) is 5.45. The zero-order valence-corrected chi connectivity index (χ0v) is 10.8. The first-order chi connectivity index (χ1) is 7.67. The Bertz CT molecular complexity index is 368. The van der Waals surface area contributed by atoms with Gasteiger partial charge in [0, 0.05) is 24.3 Å². The summed E-state index contributed by atoms with van der Waals surface area (Å²) in [6.07, 6.45) is 0. The third-order valence-corrected chi connectivity index (χ3v) is 2.37. The van der Waals surface area contributed by atoms with Crippen molar-refractivity contribution in [3.8, 4) is 0 Å². The monoisotopic (exact) mass is 287 g/mol. The lowest BCUT2D eigenvalue weighted by molar-refractivity contribution is 0.0872. The van der Waals surface area contributed by atoms with Crippen molar-refractivity contribution in [2.75, 3.05) is 21.0 Å². The maximum atomic E-state index is 11.7. The number of methoxy groups -OCH3 is 2. The van der Waals surface area contributed by atoms with Gasteiger partial charge in [-0.1, -0.05) is 15.9 Å². The number of hydrogen-bond acceptors (Lipinski definition) is 3. The molecule has 0 bridgehead atoms. The van der Waals surface area contributed by atoms with Crippen LogP contribution in [0, 0.1) is 0 Å². The summed E-state index contributed by atoms with van der Waals surface area (Å²) >= 11 is 3.35. The van der Waals surface area contributed by atoms with Crippen molar-refractivity contribution in [1.82, 2.24) is 5.32 Å². The van der Waals surface area contributed by atoms with Crippen LogP contribution in [-0.4, -0.2) is 26.9 Å². The second-order valence-electron chi connectivity index (χ2n) is 3.22. The highest BCUT2D eigenvalue weighted by Gasteiger charge is 2.07. The summed E-state index contributed by atoms with van der Waals surface area (Å²) in [6.45, 7) is 0.676. The first-order valence-electron chi connectivity index (χ1n) is 4.73. The molecule has 0 heterocycles. The van der Waals surface area contributed by atoms with Gasteiger partial charge in [-0.3, -0.25) is 4.79 Å². The van der Waals surface area contributed by atoms with Crippen LogP contribution in [0.1, 0.15) is 15.9 Å². The zero-order chi connectivity index (χ0) is 12.0. The molecule has 0 atom stereocenters. The van der Waals surface area contributed by atoms with Gasteiger partial charge in [-0.25, -0.2) is 0 Å². The number of nitrogens with one attached hydrogen (secondary N) is 1. The summed E-state index contributed by atoms with van der Waals surface area (Å²) in [6, 6.07) is 5.46. The maximum Gasteiger partial charge on any atom is 0.253 e. The van der Waals surface area contributed by atoms with Crippen LogP contribution in [0.5, 0.6) is 0 Å². The van der Waals surface area contributed by atoms with Crippen molar-refractivity contribution in [2.45, 2.75) is 6.61 Å². The van der Waals surface area contributed by atoms with E-state index in [2.05, 4.69) is 21.2 Å². The third kappa shape index (κ3) is 3.92. The van der Waals surface area contributed by atoms with E-state index in [0.29, 0.717) is 12.2 Å². The van der Waals surface area contributed by atoms with Crippen molar-refractivity contribution >= 4 is 21.8 Å². The highest BCUT2D eigenvalue weighted by atomic mass is 79.9. The molecule has 5 heteroatoms. The fourth-order valence-electron chi connectivity index (χ4n) is 1.27. The molecule has 1 aromatic carbocycles. The lowest BCUT2D eigenvalue weighted by Crippen LogP contribution is -2.25.